The van der Waals surface area contributed by atoms with Crippen molar-refractivity contribution in [2.24, 2.45) is 0 Å². The number of hydrogen-bond acceptors (Lipinski definition) is 3. The van der Waals surface area contributed by atoms with Crippen LogP contribution in [0.3, 0.4) is 0 Å². The molecule has 3 nitrogen and oxygen atoms in total. The summed E-state index contributed by atoms with van der Waals surface area (Å²) >= 11 is 3.01. The van der Waals surface area contributed by atoms with Gasteiger partial charge in [0.1, 0.15) is 29.1 Å². The number of pyridine rings is 1. The Morgan fingerprint density at radius 1 is 1.26 bits per heavy atom. The van der Waals surface area contributed by atoms with Gasteiger partial charge in [0, 0.05) is 17.2 Å². The van der Waals surface area contributed by atoms with Crippen LogP contribution >= 0.6 is 15.9 Å². The summed E-state index contributed by atoms with van der Waals surface area (Å²) < 4.78 is 27.5. The summed E-state index contributed by atoms with van der Waals surface area (Å²) in [5, 5.41) is 11.4. The van der Waals surface area contributed by atoms with Gasteiger partial charge in [0.2, 0.25) is 0 Å². The topological polar surface area (TPSA) is 48.7 Å². The number of aromatic nitrogens is 1. The van der Waals surface area contributed by atoms with Gasteiger partial charge in [0.15, 0.2) is 0 Å². The summed E-state index contributed by atoms with van der Waals surface area (Å²) in [5.41, 5.74) is 0.780. The van der Waals surface area contributed by atoms with E-state index in [-0.39, 0.29) is 17.9 Å². The number of benzene rings is 1. The van der Waals surface area contributed by atoms with Crippen LogP contribution in [0.25, 0.3) is 0 Å². The second-order valence-electron chi connectivity index (χ2n) is 3.76. The fraction of sp³-hybridized carbons (Fsp3) is 0.0769. The summed E-state index contributed by atoms with van der Waals surface area (Å²) in [6.45, 7) is 0.201. The first-order valence-corrected chi connectivity index (χ1v) is 6.13. The van der Waals surface area contributed by atoms with Gasteiger partial charge in [0.05, 0.1) is 0 Å². The molecule has 96 valence electrons. The molecule has 0 radical (unpaired) electrons. The summed E-state index contributed by atoms with van der Waals surface area (Å²) in [4.78, 5) is 3.82. The van der Waals surface area contributed by atoms with Crippen LogP contribution in [0, 0.1) is 23.0 Å². The number of rotatable bonds is 3. The molecule has 1 aromatic heterocycles. The molecule has 1 aromatic carbocycles. The van der Waals surface area contributed by atoms with Crippen molar-refractivity contribution in [2.45, 2.75) is 6.54 Å². The molecule has 2 rings (SSSR count). The highest BCUT2D eigenvalue weighted by atomic mass is 79.9. The van der Waals surface area contributed by atoms with Gasteiger partial charge in [0.25, 0.3) is 0 Å². The van der Waals surface area contributed by atoms with Crippen LogP contribution in [0.2, 0.25) is 0 Å². The molecule has 0 aliphatic heterocycles. The number of nitriles is 1. The molecule has 0 atom stereocenters. The van der Waals surface area contributed by atoms with E-state index < -0.39 is 11.6 Å². The maximum Gasteiger partial charge on any atom is 0.150 e. The Labute approximate surface area is 117 Å². The zero-order chi connectivity index (χ0) is 13.8. The van der Waals surface area contributed by atoms with Gasteiger partial charge in [-0.15, -0.1) is 0 Å². The van der Waals surface area contributed by atoms with Crippen molar-refractivity contribution in [2.75, 3.05) is 5.32 Å². The first-order valence-electron chi connectivity index (χ1n) is 5.33. The second kappa shape index (κ2) is 5.76. The van der Waals surface area contributed by atoms with Gasteiger partial charge in [-0.1, -0.05) is 15.9 Å². The van der Waals surface area contributed by atoms with E-state index in [1.807, 2.05) is 6.07 Å². The molecule has 2 aromatic rings. The Hall–Kier alpha value is -2.00. The Balaban J connectivity index is 2.17. The Bertz CT molecular complexity index is 630. The molecule has 0 amide bonds. The lowest BCUT2D eigenvalue weighted by molar-refractivity contribution is 0.586. The summed E-state index contributed by atoms with van der Waals surface area (Å²) in [6, 6.07) is 7.49. The molecule has 1 N–H and O–H groups in total. The highest BCUT2D eigenvalue weighted by Crippen LogP contribution is 2.24. The molecule has 0 unspecified atom stereocenters. The summed E-state index contributed by atoms with van der Waals surface area (Å²) in [5.74, 6) is -1.36. The van der Waals surface area contributed by atoms with Crippen LogP contribution in [0.5, 0.6) is 0 Å². The standard InChI is InChI=1S/C13H8BrF2N3/c14-9-4-11(15)13(12(16)5-9)19-7-8-1-2-18-10(3-8)6-17/h1-5,19H,7H2. The van der Waals surface area contributed by atoms with E-state index in [4.69, 9.17) is 5.26 Å². The molecule has 1 heterocycles. The molecular formula is C13H8BrF2N3. The van der Waals surface area contributed by atoms with Crippen molar-refractivity contribution < 1.29 is 8.78 Å². The average molecular weight is 324 g/mol. The molecule has 6 heteroatoms. The van der Waals surface area contributed by atoms with Gasteiger partial charge >= 0.3 is 0 Å². The monoisotopic (exact) mass is 323 g/mol. The van der Waals surface area contributed by atoms with Crippen molar-refractivity contribution in [1.29, 1.82) is 5.26 Å². The predicted molar refractivity (Wildman–Crippen MR) is 70.3 cm³/mol. The van der Waals surface area contributed by atoms with Crippen molar-refractivity contribution in [3.8, 4) is 6.07 Å². The zero-order valence-electron chi connectivity index (χ0n) is 9.62. The van der Waals surface area contributed by atoms with Crippen molar-refractivity contribution in [3.63, 3.8) is 0 Å². The van der Waals surface area contributed by atoms with Crippen LogP contribution in [0.15, 0.2) is 34.9 Å². The van der Waals surface area contributed by atoms with Gasteiger partial charge in [-0.25, -0.2) is 13.8 Å². The lowest BCUT2D eigenvalue weighted by Gasteiger charge is -2.09. The highest BCUT2D eigenvalue weighted by Gasteiger charge is 2.10. The van der Waals surface area contributed by atoms with Crippen molar-refractivity contribution in [1.82, 2.24) is 4.98 Å². The molecule has 0 spiro atoms. The minimum Gasteiger partial charge on any atom is -0.376 e. The quantitative estimate of drug-likeness (QED) is 0.938. The lowest BCUT2D eigenvalue weighted by Crippen LogP contribution is -2.04. The number of anilines is 1. The van der Waals surface area contributed by atoms with Crippen LogP contribution in [0.1, 0.15) is 11.3 Å². The van der Waals surface area contributed by atoms with E-state index in [1.165, 1.54) is 18.3 Å². The van der Waals surface area contributed by atoms with Crippen LogP contribution < -0.4 is 5.32 Å². The fourth-order valence-corrected chi connectivity index (χ4v) is 1.95. The summed E-state index contributed by atoms with van der Waals surface area (Å²) in [7, 11) is 0. The van der Waals surface area contributed by atoms with Crippen LogP contribution in [-0.2, 0) is 6.54 Å². The van der Waals surface area contributed by atoms with E-state index in [1.54, 1.807) is 12.1 Å². The molecule has 0 bridgehead atoms. The van der Waals surface area contributed by atoms with Crippen molar-refractivity contribution in [3.05, 3.63) is 57.8 Å². The largest absolute Gasteiger partial charge is 0.376 e. The number of nitrogens with one attached hydrogen (secondary N) is 1. The third kappa shape index (κ3) is 3.26. The van der Waals surface area contributed by atoms with Gasteiger partial charge < -0.3 is 5.32 Å². The van der Waals surface area contributed by atoms with E-state index in [2.05, 4.69) is 26.2 Å². The lowest BCUT2D eigenvalue weighted by atomic mass is 10.2. The van der Waals surface area contributed by atoms with Gasteiger partial charge in [-0.3, -0.25) is 0 Å². The minimum absolute atomic E-state index is 0.196. The molecule has 0 fully saturated rings. The minimum atomic E-state index is -0.679. The van der Waals surface area contributed by atoms with Crippen LogP contribution in [-0.4, -0.2) is 4.98 Å². The predicted octanol–water partition coefficient (Wildman–Crippen LogP) is 3.61. The molecule has 19 heavy (non-hydrogen) atoms. The first kappa shape index (κ1) is 13.4. The van der Waals surface area contributed by atoms with E-state index in [0.717, 1.165) is 0 Å². The highest BCUT2D eigenvalue weighted by molar-refractivity contribution is 9.10. The third-order valence-corrected chi connectivity index (χ3v) is 2.87. The van der Waals surface area contributed by atoms with Gasteiger partial charge in [-0.2, -0.15) is 5.26 Å². The summed E-state index contributed by atoms with van der Waals surface area (Å²) in [6.07, 6.45) is 1.48. The van der Waals surface area contributed by atoms with E-state index in [0.29, 0.717) is 10.0 Å². The SMILES string of the molecule is N#Cc1cc(CNc2c(F)cc(Br)cc2F)ccn1. The number of hydrogen-bond donors (Lipinski definition) is 1. The number of nitrogens with zero attached hydrogens (tertiary/aromatic N) is 2. The zero-order valence-corrected chi connectivity index (χ0v) is 11.2. The molecule has 0 saturated carbocycles. The maximum atomic E-state index is 13.6. The molecular weight excluding hydrogens is 316 g/mol. The molecule has 0 aliphatic rings. The first-order chi connectivity index (χ1) is 9.10. The Morgan fingerprint density at radius 2 is 1.95 bits per heavy atom. The molecule has 0 saturated heterocycles. The van der Waals surface area contributed by atoms with Crippen molar-refractivity contribution >= 4 is 21.6 Å². The van der Waals surface area contributed by atoms with Gasteiger partial charge in [-0.05, 0) is 29.8 Å². The Kier molecular flexibility index (Phi) is 4.07. The smallest absolute Gasteiger partial charge is 0.150 e. The third-order valence-electron chi connectivity index (χ3n) is 2.42. The fourth-order valence-electron chi connectivity index (χ4n) is 1.55. The number of halogens is 3. The maximum absolute atomic E-state index is 13.6. The van der Waals surface area contributed by atoms with E-state index >= 15 is 0 Å². The van der Waals surface area contributed by atoms with Crippen LogP contribution in [0.4, 0.5) is 14.5 Å². The van der Waals surface area contributed by atoms with E-state index in [9.17, 15) is 8.78 Å². The average Bonchev–Trinajstić information content (AvgIpc) is 2.37. The Morgan fingerprint density at radius 3 is 2.58 bits per heavy atom. The normalized spacial score (nSPS) is 10.0. The second-order valence-corrected chi connectivity index (χ2v) is 4.67. The molecule has 0 aliphatic carbocycles.